The van der Waals surface area contributed by atoms with E-state index < -0.39 is 10.0 Å². The molecule has 7 heteroatoms. The van der Waals surface area contributed by atoms with Crippen molar-refractivity contribution in [3.8, 4) is 17.0 Å². The Balaban J connectivity index is 1.83. The molecule has 0 saturated carbocycles. The molecule has 0 aliphatic heterocycles. The summed E-state index contributed by atoms with van der Waals surface area (Å²) < 4.78 is 33.3. The van der Waals surface area contributed by atoms with Crippen LogP contribution in [-0.4, -0.2) is 20.5 Å². The number of methoxy groups -OCH3 is 1. The number of aryl methyl sites for hydroxylation is 2. The maximum Gasteiger partial charge on any atom is 0.241 e. The summed E-state index contributed by atoms with van der Waals surface area (Å²) in [6, 6.07) is 12.7. The molecule has 0 radical (unpaired) electrons. The smallest absolute Gasteiger partial charge is 0.241 e. The molecule has 0 amide bonds. The van der Waals surface area contributed by atoms with Gasteiger partial charge in [0.25, 0.3) is 0 Å². The summed E-state index contributed by atoms with van der Waals surface area (Å²) in [5.74, 6) is 0.735. The van der Waals surface area contributed by atoms with Gasteiger partial charge in [0.2, 0.25) is 10.0 Å². The molecule has 0 unspecified atom stereocenters. The Bertz CT molecular complexity index is 1010. The van der Waals surface area contributed by atoms with E-state index >= 15 is 0 Å². The highest BCUT2D eigenvalue weighted by Gasteiger charge is 2.18. The molecule has 5 nitrogen and oxygen atoms in total. The number of thiazole rings is 1. The minimum Gasteiger partial charge on any atom is -0.497 e. The van der Waals surface area contributed by atoms with Crippen molar-refractivity contribution < 1.29 is 13.2 Å². The first-order valence-corrected chi connectivity index (χ1v) is 10.4. The number of nitrogens with one attached hydrogen (secondary N) is 1. The Morgan fingerprint density at radius 2 is 1.85 bits per heavy atom. The lowest BCUT2D eigenvalue weighted by Gasteiger charge is -2.11. The Labute approximate surface area is 157 Å². The van der Waals surface area contributed by atoms with Crippen LogP contribution < -0.4 is 9.46 Å². The van der Waals surface area contributed by atoms with E-state index in [2.05, 4.69) is 9.71 Å². The molecule has 3 rings (SSSR count). The molecule has 0 spiro atoms. The highest BCUT2D eigenvalue weighted by Crippen LogP contribution is 2.26. The largest absolute Gasteiger partial charge is 0.497 e. The van der Waals surface area contributed by atoms with Gasteiger partial charge in [-0.3, -0.25) is 0 Å². The third kappa shape index (κ3) is 4.12. The van der Waals surface area contributed by atoms with Crippen LogP contribution in [0.2, 0.25) is 0 Å². The third-order valence-corrected chi connectivity index (χ3v) is 6.33. The van der Waals surface area contributed by atoms with Crippen LogP contribution in [0.15, 0.2) is 52.7 Å². The van der Waals surface area contributed by atoms with Crippen molar-refractivity contribution in [3.63, 3.8) is 0 Å². The normalized spacial score (nSPS) is 11.5. The summed E-state index contributed by atoms with van der Waals surface area (Å²) in [5.41, 5.74) is 3.14. The van der Waals surface area contributed by atoms with E-state index in [1.807, 2.05) is 36.6 Å². The molecule has 0 bridgehead atoms. The Kier molecular flexibility index (Phi) is 5.41. The second-order valence-corrected chi connectivity index (χ2v) is 8.70. The molecule has 0 fully saturated rings. The number of benzene rings is 2. The van der Waals surface area contributed by atoms with Crippen molar-refractivity contribution in [3.05, 3.63) is 64.0 Å². The second kappa shape index (κ2) is 7.57. The first kappa shape index (κ1) is 18.6. The summed E-state index contributed by atoms with van der Waals surface area (Å²) >= 11 is 1.54. The van der Waals surface area contributed by atoms with Crippen LogP contribution in [0.1, 0.15) is 16.1 Å². The first-order valence-electron chi connectivity index (χ1n) is 8.05. The van der Waals surface area contributed by atoms with Crippen molar-refractivity contribution in [1.82, 2.24) is 9.71 Å². The minimum atomic E-state index is -3.63. The molecular formula is C19H20N2O3S2. The van der Waals surface area contributed by atoms with E-state index in [1.54, 1.807) is 43.6 Å². The number of hydrogen-bond acceptors (Lipinski definition) is 5. The Hall–Kier alpha value is -2.22. The lowest BCUT2D eigenvalue weighted by Crippen LogP contribution is -2.24. The maximum atomic E-state index is 12.8. The average molecular weight is 389 g/mol. The Morgan fingerprint density at radius 1 is 1.12 bits per heavy atom. The Morgan fingerprint density at radius 3 is 2.46 bits per heavy atom. The summed E-state index contributed by atoms with van der Waals surface area (Å²) in [7, 11) is -2.04. The van der Waals surface area contributed by atoms with Gasteiger partial charge < -0.3 is 4.74 Å². The molecule has 3 aromatic rings. The van der Waals surface area contributed by atoms with E-state index in [1.165, 1.54) is 0 Å². The predicted molar refractivity (Wildman–Crippen MR) is 104 cm³/mol. The van der Waals surface area contributed by atoms with Gasteiger partial charge in [-0.2, -0.15) is 0 Å². The monoisotopic (exact) mass is 388 g/mol. The highest BCUT2D eigenvalue weighted by molar-refractivity contribution is 7.89. The molecule has 0 saturated heterocycles. The van der Waals surface area contributed by atoms with Crippen LogP contribution in [-0.2, 0) is 16.6 Å². The molecule has 26 heavy (non-hydrogen) atoms. The third-order valence-electron chi connectivity index (χ3n) is 4.02. The van der Waals surface area contributed by atoms with Crippen LogP contribution in [0.25, 0.3) is 11.3 Å². The van der Waals surface area contributed by atoms with Gasteiger partial charge in [0.1, 0.15) is 5.75 Å². The fourth-order valence-corrected chi connectivity index (χ4v) is 4.45. The van der Waals surface area contributed by atoms with Gasteiger partial charge in [-0.15, -0.1) is 11.3 Å². The fraction of sp³-hybridized carbons (Fsp3) is 0.211. The van der Waals surface area contributed by atoms with Crippen molar-refractivity contribution in [1.29, 1.82) is 0 Å². The van der Waals surface area contributed by atoms with Gasteiger partial charge in [0.15, 0.2) is 0 Å². The van der Waals surface area contributed by atoms with E-state index in [-0.39, 0.29) is 11.4 Å². The number of sulfonamides is 1. The van der Waals surface area contributed by atoms with Gasteiger partial charge in [0.05, 0.1) is 22.7 Å². The predicted octanol–water partition coefficient (Wildman–Crippen LogP) is 3.91. The molecular weight excluding hydrogens is 368 g/mol. The van der Waals surface area contributed by atoms with E-state index in [0.717, 1.165) is 27.6 Å². The minimum absolute atomic E-state index is 0.214. The van der Waals surface area contributed by atoms with Crippen LogP contribution >= 0.6 is 11.3 Å². The van der Waals surface area contributed by atoms with Crippen LogP contribution in [0.5, 0.6) is 5.75 Å². The number of aromatic nitrogens is 1. The van der Waals surface area contributed by atoms with Gasteiger partial charge in [-0.25, -0.2) is 18.1 Å². The van der Waals surface area contributed by atoms with Crippen LogP contribution in [0, 0.1) is 13.8 Å². The average Bonchev–Trinajstić information content (AvgIpc) is 3.07. The zero-order valence-electron chi connectivity index (χ0n) is 14.8. The summed E-state index contributed by atoms with van der Waals surface area (Å²) in [5, 5.41) is 2.88. The number of nitrogens with zero attached hydrogens (tertiary/aromatic N) is 1. The lowest BCUT2D eigenvalue weighted by molar-refractivity contribution is 0.414. The molecule has 1 aromatic heterocycles. The topological polar surface area (TPSA) is 68.3 Å². The van der Waals surface area contributed by atoms with E-state index in [9.17, 15) is 8.42 Å². The SMILES string of the molecule is COc1ccc(CNS(=O)(=O)c2cc(-c3csc(C)n3)ccc2C)cc1. The maximum absolute atomic E-state index is 12.8. The molecule has 1 N–H and O–H groups in total. The first-order chi connectivity index (χ1) is 12.4. The number of rotatable bonds is 6. The van der Waals surface area contributed by atoms with E-state index in [0.29, 0.717) is 5.56 Å². The van der Waals surface area contributed by atoms with Gasteiger partial charge in [-0.05, 0) is 43.2 Å². The van der Waals surface area contributed by atoms with Crippen molar-refractivity contribution in [2.45, 2.75) is 25.3 Å². The molecule has 0 atom stereocenters. The molecule has 1 heterocycles. The fourth-order valence-electron chi connectivity index (χ4n) is 2.54. The molecule has 0 aliphatic rings. The number of ether oxygens (including phenoxy) is 1. The van der Waals surface area contributed by atoms with Crippen LogP contribution in [0.3, 0.4) is 0 Å². The van der Waals surface area contributed by atoms with Crippen molar-refractivity contribution >= 4 is 21.4 Å². The molecule has 0 aliphatic carbocycles. The molecule has 136 valence electrons. The van der Waals surface area contributed by atoms with Crippen molar-refractivity contribution in [2.24, 2.45) is 0 Å². The summed E-state index contributed by atoms with van der Waals surface area (Å²) in [6.07, 6.45) is 0. The standard InChI is InChI=1S/C19H20N2O3S2/c1-13-4-7-16(18-12-25-14(2)21-18)10-19(13)26(22,23)20-11-15-5-8-17(24-3)9-6-15/h4-10,12,20H,11H2,1-3H3. The number of hydrogen-bond donors (Lipinski definition) is 1. The zero-order valence-corrected chi connectivity index (χ0v) is 16.4. The van der Waals surface area contributed by atoms with Gasteiger partial charge in [-0.1, -0.05) is 24.3 Å². The quantitative estimate of drug-likeness (QED) is 0.695. The zero-order chi connectivity index (χ0) is 18.7. The summed E-state index contributed by atoms with van der Waals surface area (Å²) in [6.45, 7) is 3.93. The van der Waals surface area contributed by atoms with E-state index in [4.69, 9.17) is 4.74 Å². The van der Waals surface area contributed by atoms with Gasteiger partial charge >= 0.3 is 0 Å². The van der Waals surface area contributed by atoms with Gasteiger partial charge in [0, 0.05) is 17.5 Å². The summed E-state index contributed by atoms with van der Waals surface area (Å²) in [4.78, 5) is 4.71. The lowest BCUT2D eigenvalue weighted by atomic mass is 10.1. The highest BCUT2D eigenvalue weighted by atomic mass is 32.2. The van der Waals surface area contributed by atoms with Crippen LogP contribution in [0.4, 0.5) is 0 Å². The molecule has 2 aromatic carbocycles. The van der Waals surface area contributed by atoms with Crippen molar-refractivity contribution in [2.75, 3.05) is 7.11 Å². The second-order valence-electron chi connectivity index (χ2n) is 5.90.